The van der Waals surface area contributed by atoms with Gasteiger partial charge in [-0.25, -0.2) is 13.6 Å². The Morgan fingerprint density at radius 1 is 1.32 bits per heavy atom. The van der Waals surface area contributed by atoms with Crippen LogP contribution in [0, 0.1) is 11.6 Å². The largest absolute Gasteiger partial charge is 0.382 e. The number of benzene rings is 1. The van der Waals surface area contributed by atoms with Gasteiger partial charge in [-0.1, -0.05) is 0 Å². The van der Waals surface area contributed by atoms with E-state index in [2.05, 4.69) is 10.6 Å². The molecule has 1 rings (SSSR count). The Hall–Kier alpha value is -1.69. The predicted octanol–water partition coefficient (Wildman–Crippen LogP) is 2.19. The third-order valence-corrected chi connectivity index (χ3v) is 2.40. The molecule has 0 spiro atoms. The molecule has 0 saturated heterocycles. The molecule has 0 aliphatic rings. The number of nitrogens with one attached hydrogen (secondary N) is 2. The van der Waals surface area contributed by atoms with Gasteiger partial charge in [0, 0.05) is 31.9 Å². The molecular formula is C13H18F2N2O2. The highest BCUT2D eigenvalue weighted by Gasteiger charge is 2.05. The molecule has 0 atom stereocenters. The minimum atomic E-state index is -0.543. The first-order valence-electron chi connectivity index (χ1n) is 6.17. The van der Waals surface area contributed by atoms with E-state index in [1.54, 1.807) is 0 Å². The Bertz CT molecular complexity index is 414. The van der Waals surface area contributed by atoms with Gasteiger partial charge in [-0.3, -0.25) is 0 Å². The number of hydrogen-bond acceptors (Lipinski definition) is 2. The van der Waals surface area contributed by atoms with Crippen LogP contribution in [0.15, 0.2) is 18.2 Å². The summed E-state index contributed by atoms with van der Waals surface area (Å²) in [6.45, 7) is 3.53. The molecule has 0 fully saturated rings. The maximum Gasteiger partial charge on any atom is 0.315 e. The zero-order valence-corrected chi connectivity index (χ0v) is 10.8. The number of rotatable bonds is 7. The van der Waals surface area contributed by atoms with E-state index < -0.39 is 17.7 Å². The fourth-order valence-corrected chi connectivity index (χ4v) is 1.44. The van der Waals surface area contributed by atoms with E-state index in [0.717, 1.165) is 18.2 Å². The summed E-state index contributed by atoms with van der Waals surface area (Å²) in [5, 5.41) is 5.06. The highest BCUT2D eigenvalue weighted by atomic mass is 19.1. The van der Waals surface area contributed by atoms with Crippen molar-refractivity contribution < 1.29 is 18.3 Å². The van der Waals surface area contributed by atoms with Crippen molar-refractivity contribution in [1.82, 2.24) is 10.6 Å². The fourth-order valence-electron chi connectivity index (χ4n) is 1.44. The molecule has 0 radical (unpaired) electrons. The van der Waals surface area contributed by atoms with Gasteiger partial charge in [0.15, 0.2) is 0 Å². The molecule has 0 saturated carbocycles. The van der Waals surface area contributed by atoms with Crippen LogP contribution in [0.25, 0.3) is 0 Å². The Morgan fingerprint density at radius 2 is 2.11 bits per heavy atom. The lowest BCUT2D eigenvalue weighted by Gasteiger charge is -2.08. The highest BCUT2D eigenvalue weighted by Crippen LogP contribution is 2.08. The third-order valence-electron chi connectivity index (χ3n) is 2.40. The molecule has 4 nitrogen and oxygen atoms in total. The zero-order chi connectivity index (χ0) is 14.1. The van der Waals surface area contributed by atoms with E-state index in [9.17, 15) is 13.6 Å². The summed E-state index contributed by atoms with van der Waals surface area (Å²) < 4.78 is 31.3. The summed E-state index contributed by atoms with van der Waals surface area (Å²) in [6, 6.07) is 2.71. The summed E-state index contributed by atoms with van der Waals surface area (Å²) in [5.41, 5.74) is 0.115. The minimum Gasteiger partial charge on any atom is -0.382 e. The van der Waals surface area contributed by atoms with Gasteiger partial charge in [0.05, 0.1) is 0 Å². The Labute approximate surface area is 111 Å². The van der Waals surface area contributed by atoms with Gasteiger partial charge in [-0.15, -0.1) is 0 Å². The van der Waals surface area contributed by atoms with Crippen molar-refractivity contribution in [1.29, 1.82) is 0 Å². The Morgan fingerprint density at radius 3 is 2.84 bits per heavy atom. The van der Waals surface area contributed by atoms with Crippen LogP contribution in [0.4, 0.5) is 13.6 Å². The van der Waals surface area contributed by atoms with E-state index in [1.807, 2.05) is 6.92 Å². The van der Waals surface area contributed by atoms with E-state index in [4.69, 9.17) is 4.74 Å². The maximum atomic E-state index is 13.3. The second-order valence-electron chi connectivity index (χ2n) is 3.90. The quantitative estimate of drug-likeness (QED) is 0.748. The molecule has 19 heavy (non-hydrogen) atoms. The molecule has 0 aliphatic carbocycles. The van der Waals surface area contributed by atoms with E-state index in [0.29, 0.717) is 26.2 Å². The monoisotopic (exact) mass is 272 g/mol. The van der Waals surface area contributed by atoms with Crippen LogP contribution >= 0.6 is 0 Å². The third kappa shape index (κ3) is 6.15. The topological polar surface area (TPSA) is 50.4 Å². The number of halogens is 2. The summed E-state index contributed by atoms with van der Waals surface area (Å²) in [6.07, 6.45) is 0.704. The van der Waals surface area contributed by atoms with E-state index in [1.165, 1.54) is 0 Å². The SMILES string of the molecule is CCOCCCNC(=O)NCc1cc(F)ccc1F. The lowest BCUT2D eigenvalue weighted by molar-refractivity contribution is 0.145. The smallest absolute Gasteiger partial charge is 0.315 e. The second-order valence-corrected chi connectivity index (χ2v) is 3.90. The highest BCUT2D eigenvalue weighted by molar-refractivity contribution is 5.73. The number of hydrogen-bond donors (Lipinski definition) is 2. The lowest BCUT2D eigenvalue weighted by Crippen LogP contribution is -2.36. The summed E-state index contributed by atoms with van der Waals surface area (Å²) in [4.78, 5) is 11.4. The average Bonchev–Trinajstić information content (AvgIpc) is 2.39. The standard InChI is InChI=1S/C13H18F2N2O2/c1-2-19-7-3-6-16-13(18)17-9-10-8-11(14)4-5-12(10)15/h4-5,8H,2-3,6-7,9H2,1H3,(H2,16,17,18). The van der Waals surface area contributed by atoms with E-state index >= 15 is 0 Å². The van der Waals surface area contributed by atoms with Crippen LogP contribution in [0.2, 0.25) is 0 Å². The predicted molar refractivity (Wildman–Crippen MR) is 67.7 cm³/mol. The van der Waals surface area contributed by atoms with Crippen molar-refractivity contribution in [2.24, 2.45) is 0 Å². The van der Waals surface area contributed by atoms with E-state index in [-0.39, 0.29) is 12.1 Å². The first-order valence-corrected chi connectivity index (χ1v) is 6.17. The number of urea groups is 1. The van der Waals surface area contributed by atoms with Crippen molar-refractivity contribution in [3.8, 4) is 0 Å². The molecule has 0 unspecified atom stereocenters. The van der Waals surface area contributed by atoms with Crippen LogP contribution in [0.1, 0.15) is 18.9 Å². The zero-order valence-electron chi connectivity index (χ0n) is 10.8. The normalized spacial score (nSPS) is 10.3. The van der Waals surface area contributed by atoms with Gasteiger partial charge in [-0.2, -0.15) is 0 Å². The maximum absolute atomic E-state index is 13.3. The van der Waals surface area contributed by atoms with Crippen molar-refractivity contribution in [2.45, 2.75) is 19.9 Å². The molecule has 0 aromatic heterocycles. The molecule has 2 N–H and O–H groups in total. The van der Waals surface area contributed by atoms with Crippen molar-refractivity contribution in [3.05, 3.63) is 35.4 Å². The van der Waals surface area contributed by atoms with Crippen molar-refractivity contribution in [3.63, 3.8) is 0 Å². The van der Waals surface area contributed by atoms with Crippen molar-refractivity contribution >= 4 is 6.03 Å². The van der Waals surface area contributed by atoms with Crippen LogP contribution in [0.5, 0.6) is 0 Å². The van der Waals surface area contributed by atoms with Gasteiger partial charge in [0.1, 0.15) is 11.6 Å². The van der Waals surface area contributed by atoms with Gasteiger partial charge in [0.2, 0.25) is 0 Å². The van der Waals surface area contributed by atoms with Gasteiger partial charge < -0.3 is 15.4 Å². The average molecular weight is 272 g/mol. The van der Waals surface area contributed by atoms with Crippen LogP contribution in [-0.4, -0.2) is 25.8 Å². The van der Waals surface area contributed by atoms with Gasteiger partial charge in [0.25, 0.3) is 0 Å². The van der Waals surface area contributed by atoms with Crippen LogP contribution in [-0.2, 0) is 11.3 Å². The number of amides is 2. The summed E-state index contributed by atoms with van der Waals surface area (Å²) in [5.74, 6) is -1.08. The van der Waals surface area contributed by atoms with Gasteiger partial charge in [-0.05, 0) is 31.5 Å². The van der Waals surface area contributed by atoms with Gasteiger partial charge >= 0.3 is 6.03 Å². The molecule has 0 bridgehead atoms. The molecule has 1 aromatic carbocycles. The molecule has 0 aliphatic heterocycles. The molecule has 0 heterocycles. The molecule has 2 amide bonds. The molecule has 6 heteroatoms. The summed E-state index contributed by atoms with van der Waals surface area (Å²) >= 11 is 0. The first-order chi connectivity index (χ1) is 9.13. The number of carbonyl (C=O) groups is 1. The second kappa shape index (κ2) is 8.42. The number of ether oxygens (including phenoxy) is 1. The molecular weight excluding hydrogens is 254 g/mol. The van der Waals surface area contributed by atoms with Crippen molar-refractivity contribution in [2.75, 3.05) is 19.8 Å². The first kappa shape index (κ1) is 15.4. The number of carbonyl (C=O) groups excluding carboxylic acids is 1. The lowest BCUT2D eigenvalue weighted by atomic mass is 10.2. The molecule has 106 valence electrons. The Balaban J connectivity index is 2.24. The Kier molecular flexibility index (Phi) is 6.81. The minimum absolute atomic E-state index is 0.0547. The van der Waals surface area contributed by atoms with Crippen LogP contribution in [0.3, 0.4) is 0 Å². The molecule has 1 aromatic rings. The fraction of sp³-hybridized carbons (Fsp3) is 0.462. The van der Waals surface area contributed by atoms with Crippen LogP contribution < -0.4 is 10.6 Å². The summed E-state index contributed by atoms with van der Waals surface area (Å²) in [7, 11) is 0.